The predicted molar refractivity (Wildman–Crippen MR) is 45.1 cm³/mol. The lowest BCUT2D eigenvalue weighted by molar-refractivity contribution is 0.208. The van der Waals surface area contributed by atoms with E-state index in [9.17, 15) is 0 Å². The van der Waals surface area contributed by atoms with Crippen LogP contribution in [0.4, 0.5) is 0 Å². The summed E-state index contributed by atoms with van der Waals surface area (Å²) in [7, 11) is 0. The number of unbranched alkanes of at least 4 members (excludes halogenated alkanes) is 2. The lowest BCUT2D eigenvalue weighted by Gasteiger charge is -2.02. The van der Waals surface area contributed by atoms with Crippen LogP contribution in [0.5, 0.6) is 0 Å². The van der Waals surface area contributed by atoms with Gasteiger partial charge in [-0.15, -0.1) is 0 Å². The topological polar surface area (TPSA) is 20.2 Å². The van der Waals surface area contributed by atoms with Crippen molar-refractivity contribution >= 4 is 11.6 Å². The van der Waals surface area contributed by atoms with Gasteiger partial charge in [0, 0.05) is 5.54 Å². The third-order valence-corrected chi connectivity index (χ3v) is 1.54. The van der Waals surface area contributed by atoms with Gasteiger partial charge in [0.1, 0.15) is 0 Å². The second-order valence-corrected chi connectivity index (χ2v) is 2.63. The SMILES string of the molecule is CCCCCC(O)/C=C/Cl. The second-order valence-electron chi connectivity index (χ2n) is 2.38. The third kappa shape index (κ3) is 6.12. The van der Waals surface area contributed by atoms with E-state index >= 15 is 0 Å². The predicted octanol–water partition coefficient (Wildman–Crippen LogP) is 2.68. The first-order valence-corrected chi connectivity index (χ1v) is 4.19. The van der Waals surface area contributed by atoms with Gasteiger partial charge in [0.15, 0.2) is 0 Å². The average Bonchev–Trinajstić information content (AvgIpc) is 1.89. The molecule has 0 amide bonds. The van der Waals surface area contributed by atoms with Crippen LogP contribution in [0.25, 0.3) is 0 Å². The van der Waals surface area contributed by atoms with E-state index < -0.39 is 0 Å². The largest absolute Gasteiger partial charge is 0.389 e. The van der Waals surface area contributed by atoms with E-state index in [1.54, 1.807) is 6.08 Å². The number of rotatable bonds is 5. The summed E-state index contributed by atoms with van der Waals surface area (Å²) in [5, 5.41) is 9.10. The molecule has 0 aromatic carbocycles. The van der Waals surface area contributed by atoms with E-state index in [4.69, 9.17) is 16.7 Å². The average molecular weight is 163 g/mol. The van der Waals surface area contributed by atoms with Crippen molar-refractivity contribution in [2.75, 3.05) is 0 Å². The van der Waals surface area contributed by atoms with Crippen molar-refractivity contribution in [2.24, 2.45) is 0 Å². The molecule has 0 aromatic rings. The van der Waals surface area contributed by atoms with Gasteiger partial charge in [0.2, 0.25) is 0 Å². The Morgan fingerprint density at radius 3 is 2.70 bits per heavy atom. The Balaban J connectivity index is 3.13. The minimum atomic E-state index is -0.343. The molecule has 1 nitrogen and oxygen atoms in total. The fraction of sp³-hybridized carbons (Fsp3) is 0.750. The van der Waals surface area contributed by atoms with Gasteiger partial charge >= 0.3 is 0 Å². The van der Waals surface area contributed by atoms with Crippen molar-refractivity contribution in [1.82, 2.24) is 0 Å². The van der Waals surface area contributed by atoms with Crippen molar-refractivity contribution < 1.29 is 5.11 Å². The highest BCUT2D eigenvalue weighted by Crippen LogP contribution is 2.04. The van der Waals surface area contributed by atoms with Crippen molar-refractivity contribution in [2.45, 2.75) is 38.7 Å². The van der Waals surface area contributed by atoms with E-state index in [0.29, 0.717) is 0 Å². The molecule has 1 atom stereocenters. The van der Waals surface area contributed by atoms with Gasteiger partial charge < -0.3 is 5.11 Å². The quantitative estimate of drug-likeness (QED) is 0.617. The Morgan fingerprint density at radius 1 is 1.50 bits per heavy atom. The maximum absolute atomic E-state index is 9.10. The summed E-state index contributed by atoms with van der Waals surface area (Å²) in [6.45, 7) is 2.14. The monoisotopic (exact) mass is 162 g/mol. The molecule has 0 aliphatic rings. The Bertz CT molecular complexity index is 91.3. The normalized spacial score (nSPS) is 14.3. The summed E-state index contributed by atoms with van der Waals surface area (Å²) in [5.41, 5.74) is 1.37. The van der Waals surface area contributed by atoms with Crippen LogP contribution in [0, 0.1) is 0 Å². The zero-order valence-electron chi connectivity index (χ0n) is 6.39. The molecule has 0 radical (unpaired) electrons. The Kier molecular flexibility index (Phi) is 7.09. The minimum Gasteiger partial charge on any atom is -0.389 e. The number of halogens is 1. The molecular weight excluding hydrogens is 148 g/mol. The van der Waals surface area contributed by atoms with Gasteiger partial charge in [-0.2, -0.15) is 0 Å². The van der Waals surface area contributed by atoms with Crippen LogP contribution in [0.3, 0.4) is 0 Å². The van der Waals surface area contributed by atoms with Crippen molar-refractivity contribution in [3.8, 4) is 0 Å². The van der Waals surface area contributed by atoms with E-state index in [0.717, 1.165) is 12.8 Å². The van der Waals surface area contributed by atoms with E-state index in [1.807, 2.05) is 0 Å². The number of hydrogen-bond acceptors (Lipinski definition) is 1. The Labute approximate surface area is 67.7 Å². The number of hydrogen-bond donors (Lipinski definition) is 1. The van der Waals surface area contributed by atoms with Crippen LogP contribution < -0.4 is 0 Å². The second kappa shape index (κ2) is 7.10. The molecule has 1 N–H and O–H groups in total. The maximum Gasteiger partial charge on any atom is 0.0732 e. The number of aliphatic hydroxyl groups excluding tert-OH is 1. The highest BCUT2D eigenvalue weighted by atomic mass is 35.5. The maximum atomic E-state index is 9.10. The first-order valence-electron chi connectivity index (χ1n) is 3.76. The van der Waals surface area contributed by atoms with Gasteiger partial charge in [-0.3, -0.25) is 0 Å². The van der Waals surface area contributed by atoms with Gasteiger partial charge in [0.25, 0.3) is 0 Å². The first kappa shape index (κ1) is 9.99. The summed E-state index contributed by atoms with van der Waals surface area (Å²) < 4.78 is 0. The summed E-state index contributed by atoms with van der Waals surface area (Å²) in [5.74, 6) is 0. The zero-order chi connectivity index (χ0) is 7.82. The van der Waals surface area contributed by atoms with Crippen LogP contribution in [-0.4, -0.2) is 11.2 Å². The highest BCUT2D eigenvalue weighted by molar-refractivity contribution is 6.25. The molecule has 0 fully saturated rings. The van der Waals surface area contributed by atoms with E-state index in [-0.39, 0.29) is 6.10 Å². The summed E-state index contributed by atoms with van der Waals surface area (Å²) in [6.07, 6.45) is 5.56. The summed E-state index contributed by atoms with van der Waals surface area (Å²) in [6, 6.07) is 0. The molecule has 60 valence electrons. The lowest BCUT2D eigenvalue weighted by atomic mass is 10.1. The molecular formula is C8H15ClO. The zero-order valence-corrected chi connectivity index (χ0v) is 7.14. The van der Waals surface area contributed by atoms with Crippen molar-refractivity contribution in [1.29, 1.82) is 0 Å². The van der Waals surface area contributed by atoms with Crippen LogP contribution >= 0.6 is 11.6 Å². The van der Waals surface area contributed by atoms with E-state index in [1.165, 1.54) is 18.4 Å². The van der Waals surface area contributed by atoms with Crippen LogP contribution in [-0.2, 0) is 0 Å². The fourth-order valence-corrected chi connectivity index (χ4v) is 0.952. The van der Waals surface area contributed by atoms with Gasteiger partial charge in [-0.25, -0.2) is 0 Å². The molecule has 0 heterocycles. The molecule has 1 unspecified atom stereocenters. The Hall–Kier alpha value is -0.0100. The van der Waals surface area contributed by atoms with Gasteiger partial charge in [0.05, 0.1) is 6.10 Å². The summed E-state index contributed by atoms with van der Waals surface area (Å²) in [4.78, 5) is 0. The smallest absolute Gasteiger partial charge is 0.0732 e. The standard InChI is InChI=1S/C8H15ClO/c1-2-3-4-5-8(10)6-7-9/h6-8,10H,2-5H2,1H3/b7-6+. The van der Waals surface area contributed by atoms with Gasteiger partial charge in [-0.1, -0.05) is 37.8 Å². The van der Waals surface area contributed by atoms with Gasteiger partial charge in [-0.05, 0) is 12.5 Å². The molecule has 0 saturated carbocycles. The molecule has 0 bridgehead atoms. The molecule has 0 aliphatic heterocycles. The molecule has 2 heteroatoms. The Morgan fingerprint density at radius 2 is 2.20 bits per heavy atom. The molecule has 10 heavy (non-hydrogen) atoms. The lowest BCUT2D eigenvalue weighted by Crippen LogP contribution is -2.00. The van der Waals surface area contributed by atoms with Crippen LogP contribution in [0.2, 0.25) is 0 Å². The molecule has 0 saturated heterocycles. The molecule has 0 rings (SSSR count). The molecule has 0 aliphatic carbocycles. The van der Waals surface area contributed by atoms with Crippen LogP contribution in [0.1, 0.15) is 32.6 Å². The summed E-state index contributed by atoms with van der Waals surface area (Å²) >= 11 is 5.27. The molecule has 0 aromatic heterocycles. The van der Waals surface area contributed by atoms with Crippen LogP contribution in [0.15, 0.2) is 11.6 Å². The fourth-order valence-electron chi connectivity index (χ4n) is 0.784. The van der Waals surface area contributed by atoms with Crippen molar-refractivity contribution in [3.05, 3.63) is 11.6 Å². The minimum absolute atomic E-state index is 0.343. The van der Waals surface area contributed by atoms with E-state index in [2.05, 4.69) is 6.92 Å². The molecule has 0 spiro atoms. The van der Waals surface area contributed by atoms with Crippen molar-refractivity contribution in [3.63, 3.8) is 0 Å². The highest BCUT2D eigenvalue weighted by Gasteiger charge is 1.96. The first-order chi connectivity index (χ1) is 4.81. The number of aliphatic hydroxyl groups is 1. The third-order valence-electron chi connectivity index (χ3n) is 1.40.